The number of hydrogen-bond donors (Lipinski definition) is 2. The van der Waals surface area contributed by atoms with Crippen LogP contribution in [0.4, 0.5) is 0 Å². The standard InChI is InChI=1S/C14H29N3O2/c1-5-15-13(17-11-14(2,3)18-4)16-8-9-19-10-12-6-7-12/h12H,5-11H2,1-4H3,(H2,15,16,17). The normalized spacial score (nSPS) is 16.5. The second-order valence-corrected chi connectivity index (χ2v) is 5.60. The lowest BCUT2D eigenvalue weighted by Crippen LogP contribution is -2.40. The minimum atomic E-state index is -0.231. The lowest BCUT2D eigenvalue weighted by Gasteiger charge is -2.21. The van der Waals surface area contributed by atoms with Crippen LogP contribution >= 0.6 is 0 Å². The molecule has 0 radical (unpaired) electrons. The van der Waals surface area contributed by atoms with Gasteiger partial charge in [0.15, 0.2) is 5.96 Å². The smallest absolute Gasteiger partial charge is 0.191 e. The quantitative estimate of drug-likeness (QED) is 0.378. The molecule has 0 bridgehead atoms. The van der Waals surface area contributed by atoms with Gasteiger partial charge >= 0.3 is 0 Å². The van der Waals surface area contributed by atoms with E-state index >= 15 is 0 Å². The molecule has 1 aliphatic rings. The van der Waals surface area contributed by atoms with Gasteiger partial charge in [-0.15, -0.1) is 0 Å². The van der Waals surface area contributed by atoms with Crippen molar-refractivity contribution in [2.75, 3.05) is 40.0 Å². The van der Waals surface area contributed by atoms with Gasteiger partial charge in [0.25, 0.3) is 0 Å². The number of ether oxygens (including phenoxy) is 2. The van der Waals surface area contributed by atoms with E-state index in [4.69, 9.17) is 9.47 Å². The Morgan fingerprint density at radius 2 is 2.05 bits per heavy atom. The molecule has 0 heterocycles. The van der Waals surface area contributed by atoms with Crippen molar-refractivity contribution in [2.24, 2.45) is 10.9 Å². The first-order valence-electron chi connectivity index (χ1n) is 7.22. The molecule has 1 fully saturated rings. The highest BCUT2D eigenvalue weighted by atomic mass is 16.5. The molecule has 0 aromatic rings. The zero-order chi connectivity index (χ0) is 14.1. The number of aliphatic imine (C=N–C) groups is 1. The molecule has 0 spiro atoms. The monoisotopic (exact) mass is 271 g/mol. The fourth-order valence-electron chi connectivity index (χ4n) is 1.45. The van der Waals surface area contributed by atoms with E-state index < -0.39 is 0 Å². The molecule has 0 amide bonds. The van der Waals surface area contributed by atoms with Gasteiger partial charge < -0.3 is 20.1 Å². The maximum Gasteiger partial charge on any atom is 0.191 e. The summed E-state index contributed by atoms with van der Waals surface area (Å²) in [6.07, 6.45) is 2.67. The van der Waals surface area contributed by atoms with E-state index in [0.717, 1.165) is 38.2 Å². The van der Waals surface area contributed by atoms with Crippen LogP contribution in [0.25, 0.3) is 0 Å². The lowest BCUT2D eigenvalue weighted by molar-refractivity contribution is 0.0310. The predicted octanol–water partition coefficient (Wildman–Crippen LogP) is 1.39. The SMILES string of the molecule is CCNC(=NCC(C)(C)OC)NCCOCC1CC1. The van der Waals surface area contributed by atoms with E-state index in [2.05, 4.69) is 22.5 Å². The van der Waals surface area contributed by atoms with Crippen molar-refractivity contribution in [3.63, 3.8) is 0 Å². The third-order valence-corrected chi connectivity index (χ3v) is 3.10. The molecular formula is C14H29N3O2. The number of guanidine groups is 1. The average Bonchev–Trinajstić information content (AvgIpc) is 3.19. The maximum absolute atomic E-state index is 5.58. The van der Waals surface area contributed by atoms with E-state index in [1.165, 1.54) is 12.8 Å². The first kappa shape index (κ1) is 16.2. The minimum Gasteiger partial charge on any atom is -0.379 e. The van der Waals surface area contributed by atoms with Gasteiger partial charge in [0.1, 0.15) is 0 Å². The second kappa shape index (κ2) is 8.38. The summed E-state index contributed by atoms with van der Waals surface area (Å²) in [6.45, 7) is 10.0. The molecule has 0 saturated heterocycles. The van der Waals surface area contributed by atoms with Crippen molar-refractivity contribution in [3.8, 4) is 0 Å². The molecule has 0 unspecified atom stereocenters. The highest BCUT2D eigenvalue weighted by molar-refractivity contribution is 5.79. The molecule has 0 aromatic carbocycles. The number of methoxy groups -OCH3 is 1. The summed E-state index contributed by atoms with van der Waals surface area (Å²) in [5.74, 6) is 1.65. The van der Waals surface area contributed by atoms with Crippen molar-refractivity contribution in [3.05, 3.63) is 0 Å². The van der Waals surface area contributed by atoms with E-state index in [9.17, 15) is 0 Å². The van der Waals surface area contributed by atoms with E-state index in [0.29, 0.717) is 6.54 Å². The molecular weight excluding hydrogens is 242 g/mol. The van der Waals surface area contributed by atoms with Gasteiger partial charge in [-0.2, -0.15) is 0 Å². The van der Waals surface area contributed by atoms with Crippen molar-refractivity contribution in [2.45, 2.75) is 39.2 Å². The van der Waals surface area contributed by atoms with Gasteiger partial charge in [-0.05, 0) is 39.5 Å². The fraction of sp³-hybridized carbons (Fsp3) is 0.929. The lowest BCUT2D eigenvalue weighted by atomic mass is 10.1. The molecule has 5 nitrogen and oxygen atoms in total. The summed E-state index contributed by atoms with van der Waals surface area (Å²) >= 11 is 0. The Bertz CT molecular complexity index is 276. The Labute approximate surface area is 117 Å². The van der Waals surface area contributed by atoms with E-state index in [-0.39, 0.29) is 5.60 Å². The molecule has 1 rings (SSSR count). The number of rotatable bonds is 9. The summed E-state index contributed by atoms with van der Waals surface area (Å²) in [7, 11) is 1.71. The van der Waals surface area contributed by atoms with Crippen LogP contribution in [0, 0.1) is 5.92 Å². The van der Waals surface area contributed by atoms with Crippen molar-refractivity contribution in [1.82, 2.24) is 10.6 Å². The molecule has 0 atom stereocenters. The molecule has 0 aliphatic heterocycles. The molecule has 2 N–H and O–H groups in total. The van der Waals surface area contributed by atoms with Crippen LogP contribution in [0.1, 0.15) is 33.6 Å². The Morgan fingerprint density at radius 3 is 2.63 bits per heavy atom. The predicted molar refractivity (Wildman–Crippen MR) is 78.6 cm³/mol. The molecule has 19 heavy (non-hydrogen) atoms. The summed E-state index contributed by atoms with van der Waals surface area (Å²) < 4.78 is 10.9. The van der Waals surface area contributed by atoms with Crippen LogP contribution in [-0.4, -0.2) is 51.5 Å². The Morgan fingerprint density at radius 1 is 1.32 bits per heavy atom. The highest BCUT2D eigenvalue weighted by Gasteiger charge is 2.20. The molecule has 5 heteroatoms. The van der Waals surface area contributed by atoms with Gasteiger partial charge in [0.05, 0.1) is 18.8 Å². The Hall–Kier alpha value is -0.810. The minimum absolute atomic E-state index is 0.231. The second-order valence-electron chi connectivity index (χ2n) is 5.60. The molecule has 1 saturated carbocycles. The van der Waals surface area contributed by atoms with Gasteiger partial charge in [-0.3, -0.25) is 4.99 Å². The molecule has 112 valence electrons. The number of nitrogens with zero attached hydrogens (tertiary/aromatic N) is 1. The Balaban J connectivity index is 2.19. The van der Waals surface area contributed by atoms with Gasteiger partial charge in [0.2, 0.25) is 0 Å². The van der Waals surface area contributed by atoms with Gasteiger partial charge in [-0.1, -0.05) is 0 Å². The first-order valence-corrected chi connectivity index (χ1v) is 7.22. The van der Waals surface area contributed by atoms with E-state index in [1.54, 1.807) is 7.11 Å². The molecule has 1 aliphatic carbocycles. The van der Waals surface area contributed by atoms with Crippen LogP contribution < -0.4 is 10.6 Å². The third-order valence-electron chi connectivity index (χ3n) is 3.10. The summed E-state index contributed by atoms with van der Waals surface area (Å²) in [5, 5.41) is 6.49. The van der Waals surface area contributed by atoms with Crippen molar-refractivity contribution < 1.29 is 9.47 Å². The van der Waals surface area contributed by atoms with Crippen molar-refractivity contribution >= 4 is 5.96 Å². The number of hydrogen-bond acceptors (Lipinski definition) is 3. The van der Waals surface area contributed by atoms with Crippen LogP contribution in [0.3, 0.4) is 0 Å². The third kappa shape index (κ3) is 8.06. The van der Waals surface area contributed by atoms with E-state index in [1.807, 2.05) is 13.8 Å². The highest BCUT2D eigenvalue weighted by Crippen LogP contribution is 2.28. The molecule has 0 aromatic heterocycles. The average molecular weight is 271 g/mol. The maximum atomic E-state index is 5.58. The summed E-state index contributed by atoms with van der Waals surface area (Å²) in [4.78, 5) is 4.51. The number of nitrogens with one attached hydrogen (secondary N) is 2. The van der Waals surface area contributed by atoms with Gasteiger partial charge in [-0.25, -0.2) is 0 Å². The zero-order valence-electron chi connectivity index (χ0n) is 12.8. The van der Waals surface area contributed by atoms with Crippen LogP contribution in [0.2, 0.25) is 0 Å². The largest absolute Gasteiger partial charge is 0.379 e. The van der Waals surface area contributed by atoms with Crippen LogP contribution in [-0.2, 0) is 9.47 Å². The van der Waals surface area contributed by atoms with Crippen LogP contribution in [0.15, 0.2) is 4.99 Å². The Kier molecular flexibility index (Phi) is 7.16. The first-order chi connectivity index (χ1) is 9.07. The fourth-order valence-corrected chi connectivity index (χ4v) is 1.45. The summed E-state index contributed by atoms with van der Waals surface area (Å²) in [6, 6.07) is 0. The van der Waals surface area contributed by atoms with Crippen molar-refractivity contribution in [1.29, 1.82) is 0 Å². The van der Waals surface area contributed by atoms with Crippen LogP contribution in [0.5, 0.6) is 0 Å². The topological polar surface area (TPSA) is 54.9 Å². The zero-order valence-corrected chi connectivity index (χ0v) is 12.8. The van der Waals surface area contributed by atoms with Gasteiger partial charge in [0, 0.05) is 26.8 Å². The summed E-state index contributed by atoms with van der Waals surface area (Å²) in [5.41, 5.74) is -0.231.